The van der Waals surface area contributed by atoms with E-state index < -0.39 is 96.1 Å². The van der Waals surface area contributed by atoms with Crippen LogP contribution in [0.3, 0.4) is 0 Å². The predicted molar refractivity (Wildman–Crippen MR) is 289 cm³/mol. The summed E-state index contributed by atoms with van der Waals surface area (Å²) in [6.45, 7) is 19.7. The molecule has 1 aliphatic rings. The van der Waals surface area contributed by atoms with E-state index in [2.05, 4.69) is 16.9 Å². The summed E-state index contributed by atoms with van der Waals surface area (Å²) < 4.78 is 25.8. The average Bonchev–Trinajstić information content (AvgIpc) is 3.82. The maximum atomic E-state index is 15.0. The molecule has 1 fully saturated rings. The van der Waals surface area contributed by atoms with Crippen LogP contribution in [-0.4, -0.2) is 154 Å². The minimum absolute atomic E-state index is 0.0849. The van der Waals surface area contributed by atoms with Gasteiger partial charge in [0.25, 0.3) is 23.6 Å². The number of carbonyl (C=O) groups excluding carboxylic acids is 8. The molecule has 77 heavy (non-hydrogen) atoms. The highest BCUT2D eigenvalue weighted by Gasteiger charge is 2.43. The van der Waals surface area contributed by atoms with Gasteiger partial charge in [0.05, 0.1) is 18.3 Å². The molecule has 0 bridgehead atoms. The predicted octanol–water partition coefficient (Wildman–Crippen LogP) is 6.28. The van der Waals surface area contributed by atoms with Crippen molar-refractivity contribution in [3.05, 3.63) is 89.2 Å². The van der Waals surface area contributed by atoms with Gasteiger partial charge in [-0.3, -0.25) is 23.9 Å². The van der Waals surface area contributed by atoms with Crippen LogP contribution in [0, 0.1) is 35.5 Å². The summed E-state index contributed by atoms with van der Waals surface area (Å²) in [4.78, 5) is 121. The maximum absolute atomic E-state index is 15.0. The zero-order valence-corrected chi connectivity index (χ0v) is 47.8. The molecule has 18 nitrogen and oxygen atoms in total. The van der Waals surface area contributed by atoms with E-state index >= 15 is 0 Å². The van der Waals surface area contributed by atoms with Crippen LogP contribution in [0.2, 0.25) is 0 Å². The fourth-order valence-corrected chi connectivity index (χ4v) is 9.15. The lowest BCUT2D eigenvalue weighted by Crippen LogP contribution is -2.55. The van der Waals surface area contributed by atoms with E-state index in [1.54, 1.807) is 60.3 Å². The first-order valence-electron chi connectivity index (χ1n) is 26.7. The molecule has 1 aliphatic heterocycles. The quantitative estimate of drug-likeness (QED) is 0.0992. The lowest BCUT2D eigenvalue weighted by atomic mass is 9.99. The smallest absolute Gasteiger partial charge is 0.329 e. The minimum Gasteiger partial charge on any atom is -0.451 e. The average molecular weight is 1070 g/mol. The van der Waals surface area contributed by atoms with Gasteiger partial charge >= 0.3 is 23.9 Å². The molecule has 0 spiro atoms. The Morgan fingerprint density at radius 2 is 0.818 bits per heavy atom. The normalized spacial score (nSPS) is 23.5. The Labute approximate surface area is 455 Å². The third kappa shape index (κ3) is 18.0. The largest absolute Gasteiger partial charge is 0.451 e. The summed E-state index contributed by atoms with van der Waals surface area (Å²) >= 11 is 0. The SMILES string of the molecule is CC#Cc1cnn(Cc2ccc(C[C@H]3OC(=O)[C@H](CC(C)C)N(C)C(=O)[C@@H](C)OC(=O)[C@H](CC(C)C)N(C)C(=O)[C@@H](Cc4ccccc4)OC(=O)[C@H](CC(C)C)N(C)C(=O)[C@@H](C)OC(=O)[C@H](CC(C)C)N(C)C3=O)cc2)c1. The molecule has 18 heteroatoms. The Kier molecular flexibility index (Phi) is 23.5. The van der Waals surface area contributed by atoms with Gasteiger partial charge in [-0.1, -0.05) is 116 Å². The highest BCUT2D eigenvalue weighted by molar-refractivity contribution is 5.94. The highest BCUT2D eigenvalue weighted by atomic mass is 16.6. The van der Waals surface area contributed by atoms with E-state index in [1.807, 2.05) is 73.7 Å². The summed E-state index contributed by atoms with van der Waals surface area (Å²) in [7, 11) is 5.56. The molecule has 4 amide bonds. The Bertz CT molecular complexity index is 2550. The Balaban J connectivity index is 1.85. The fraction of sp³-hybridized carbons (Fsp3) is 0.576. The molecule has 2 aromatic carbocycles. The van der Waals surface area contributed by atoms with Gasteiger partial charge < -0.3 is 38.5 Å². The van der Waals surface area contributed by atoms with Gasteiger partial charge in [-0.2, -0.15) is 5.10 Å². The van der Waals surface area contributed by atoms with Crippen molar-refractivity contribution in [1.82, 2.24) is 29.4 Å². The Hall–Kier alpha value is -7.03. The molecule has 0 N–H and O–H groups in total. The molecule has 0 radical (unpaired) electrons. The van der Waals surface area contributed by atoms with Crippen LogP contribution in [0.25, 0.3) is 0 Å². The minimum atomic E-state index is -1.54. The molecule has 2 heterocycles. The molecule has 0 unspecified atom stereocenters. The molecule has 420 valence electrons. The number of aromatic nitrogens is 2. The molecule has 8 atom stereocenters. The molecule has 4 rings (SSSR count). The number of ether oxygens (including phenoxy) is 4. The number of hydrogen-bond donors (Lipinski definition) is 0. The Morgan fingerprint density at radius 3 is 1.18 bits per heavy atom. The molecule has 0 aliphatic carbocycles. The molecular weight excluding hydrogens is 985 g/mol. The first-order chi connectivity index (χ1) is 36.2. The second-order valence-corrected chi connectivity index (χ2v) is 21.9. The third-order valence-corrected chi connectivity index (χ3v) is 13.4. The molecule has 3 aromatic rings. The van der Waals surface area contributed by atoms with Crippen LogP contribution in [0.5, 0.6) is 0 Å². The van der Waals surface area contributed by atoms with E-state index in [0.717, 1.165) is 30.7 Å². The monoisotopic (exact) mass is 1070 g/mol. The van der Waals surface area contributed by atoms with Crippen molar-refractivity contribution in [2.24, 2.45) is 23.7 Å². The van der Waals surface area contributed by atoms with Crippen molar-refractivity contribution in [2.75, 3.05) is 28.2 Å². The molecular formula is C59H82N6O12. The van der Waals surface area contributed by atoms with Crippen molar-refractivity contribution in [1.29, 1.82) is 0 Å². The molecule has 0 saturated carbocycles. The van der Waals surface area contributed by atoms with E-state index in [9.17, 15) is 38.4 Å². The maximum Gasteiger partial charge on any atom is 0.329 e. The van der Waals surface area contributed by atoms with Crippen LogP contribution >= 0.6 is 0 Å². The van der Waals surface area contributed by atoms with E-state index in [0.29, 0.717) is 17.7 Å². The highest BCUT2D eigenvalue weighted by Crippen LogP contribution is 2.24. The first-order valence-corrected chi connectivity index (χ1v) is 26.7. The van der Waals surface area contributed by atoms with Gasteiger partial charge in [0.1, 0.15) is 24.2 Å². The Morgan fingerprint density at radius 1 is 0.481 bits per heavy atom. The van der Waals surface area contributed by atoms with Gasteiger partial charge in [-0.25, -0.2) is 19.2 Å². The van der Waals surface area contributed by atoms with E-state index in [4.69, 9.17) is 18.9 Å². The molecule has 1 aromatic heterocycles. The third-order valence-electron chi connectivity index (χ3n) is 13.4. The summed E-state index contributed by atoms with van der Waals surface area (Å²) in [6, 6.07) is 11.1. The number of carbonyl (C=O) groups is 8. The van der Waals surface area contributed by atoms with Gasteiger partial charge in [0.2, 0.25) is 0 Å². The van der Waals surface area contributed by atoms with Gasteiger partial charge in [-0.15, -0.1) is 5.92 Å². The van der Waals surface area contributed by atoms with Gasteiger partial charge in [-0.05, 0) is 86.8 Å². The van der Waals surface area contributed by atoms with E-state index in [-0.39, 0.29) is 62.2 Å². The van der Waals surface area contributed by atoms with Crippen molar-refractivity contribution in [3.8, 4) is 11.8 Å². The summed E-state index contributed by atoms with van der Waals surface area (Å²) in [5.41, 5.74) is 2.90. The van der Waals surface area contributed by atoms with Crippen LogP contribution in [0.15, 0.2) is 67.0 Å². The van der Waals surface area contributed by atoms with Gasteiger partial charge in [0, 0.05) is 47.2 Å². The van der Waals surface area contributed by atoms with Crippen molar-refractivity contribution in [3.63, 3.8) is 0 Å². The number of esters is 4. The van der Waals surface area contributed by atoms with Crippen LogP contribution in [0.4, 0.5) is 0 Å². The van der Waals surface area contributed by atoms with Crippen molar-refractivity contribution >= 4 is 47.5 Å². The molecule has 1 saturated heterocycles. The van der Waals surface area contributed by atoms with Crippen LogP contribution in [-0.2, 0) is 76.7 Å². The first kappa shape index (κ1) is 62.5. The second-order valence-electron chi connectivity index (χ2n) is 21.9. The fourth-order valence-electron chi connectivity index (χ4n) is 9.15. The topological polar surface area (TPSA) is 204 Å². The lowest BCUT2D eigenvalue weighted by Gasteiger charge is -2.35. The zero-order valence-electron chi connectivity index (χ0n) is 47.8. The van der Waals surface area contributed by atoms with Crippen molar-refractivity contribution < 1.29 is 57.3 Å². The van der Waals surface area contributed by atoms with Crippen LogP contribution < -0.4 is 0 Å². The number of cyclic esters (lactones) is 4. The number of amides is 4. The van der Waals surface area contributed by atoms with Crippen LogP contribution in [0.1, 0.15) is 124 Å². The number of hydrogen-bond acceptors (Lipinski definition) is 13. The summed E-state index contributed by atoms with van der Waals surface area (Å²) in [5.74, 6) is -1.50. The lowest BCUT2D eigenvalue weighted by molar-refractivity contribution is -0.176. The van der Waals surface area contributed by atoms with Crippen molar-refractivity contribution in [2.45, 2.75) is 170 Å². The summed E-state index contributed by atoms with van der Waals surface area (Å²) in [6.07, 6.45) is -2.33. The zero-order chi connectivity index (χ0) is 57.4. The number of rotatable bonds is 14. The number of nitrogens with zero attached hydrogens (tertiary/aromatic N) is 6. The summed E-state index contributed by atoms with van der Waals surface area (Å²) in [5, 5.41) is 4.39. The second kappa shape index (κ2) is 28.9. The number of likely N-dealkylation sites (N-methyl/N-ethyl adjacent to an activating group) is 4. The van der Waals surface area contributed by atoms with E-state index in [1.165, 1.54) is 42.0 Å². The standard InChI is InChI=1S/C59H82N6O12/c1-16-20-45-33-60-65(35-45)34-44-25-23-43(24-26-44)32-51-55(69)64(15)47(28-37(4)5)57(71)75-40(10)52(66)61(12)48(29-38(6)7)58(72)76-50(31-42-21-18-17-19-22-42)54(68)63(14)46(27-36(2)3)56(70)74-41(11)53(67)62(13)49(30-39(8)9)59(73)77-51/h17-19,21-26,33,35-41,46-51H,27-32,34H2,1-15H3/t40-,41-,46+,47+,48+,49+,50-,51-/m1/s1. The number of benzene rings is 2. The van der Waals surface area contributed by atoms with Gasteiger partial charge in [0.15, 0.2) is 24.4 Å².